The second-order valence-corrected chi connectivity index (χ2v) is 17.9. The van der Waals surface area contributed by atoms with Crippen LogP contribution < -0.4 is 0 Å². The van der Waals surface area contributed by atoms with Crippen LogP contribution in [-0.2, 0) is 57.2 Å². The van der Waals surface area contributed by atoms with E-state index in [9.17, 15) is 28.8 Å². The van der Waals surface area contributed by atoms with Crippen molar-refractivity contribution in [3.63, 3.8) is 0 Å². The summed E-state index contributed by atoms with van der Waals surface area (Å²) in [6.45, 7) is 12.6. The molecule has 12 heteroatoms. The molecule has 0 saturated heterocycles. The van der Waals surface area contributed by atoms with Crippen molar-refractivity contribution in [3.8, 4) is 0 Å². The van der Waals surface area contributed by atoms with Crippen LogP contribution in [0.25, 0.3) is 0 Å². The average molecular weight is 941 g/mol. The second-order valence-electron chi connectivity index (χ2n) is 17.9. The van der Waals surface area contributed by atoms with Gasteiger partial charge in [0.05, 0.1) is 0 Å². The Morgan fingerprint density at radius 3 is 0.591 bits per heavy atom. The van der Waals surface area contributed by atoms with E-state index in [1.807, 2.05) is 0 Å². The zero-order valence-electron chi connectivity index (χ0n) is 43.3. The Bertz CT molecular complexity index is 1010. The topological polar surface area (TPSA) is 158 Å². The Morgan fingerprint density at radius 2 is 0.409 bits per heavy atom. The third-order valence-corrected chi connectivity index (χ3v) is 11.2. The Balaban J connectivity index is 0. The highest BCUT2D eigenvalue weighted by Crippen LogP contribution is 2.13. The van der Waals surface area contributed by atoms with Crippen molar-refractivity contribution in [1.29, 1.82) is 0 Å². The van der Waals surface area contributed by atoms with Crippen LogP contribution in [0.4, 0.5) is 0 Å². The van der Waals surface area contributed by atoms with Gasteiger partial charge in [-0.15, -0.1) is 0 Å². The van der Waals surface area contributed by atoms with E-state index in [0.717, 1.165) is 154 Å². The molecule has 0 aromatic heterocycles. The van der Waals surface area contributed by atoms with Gasteiger partial charge in [0.1, 0.15) is 26.4 Å². The maximum atomic E-state index is 12.2. The maximum Gasteiger partial charge on any atom is 0.306 e. The van der Waals surface area contributed by atoms with Crippen molar-refractivity contribution in [1.82, 2.24) is 0 Å². The van der Waals surface area contributed by atoms with E-state index >= 15 is 0 Å². The van der Waals surface area contributed by atoms with Crippen LogP contribution in [0.2, 0.25) is 0 Å². The molecule has 0 aromatic carbocycles. The molecule has 0 aliphatic heterocycles. The van der Waals surface area contributed by atoms with Crippen molar-refractivity contribution >= 4 is 35.8 Å². The standard InChI is InChI=1S/2C27H50O6/c2*1-4-7-10-13-16-19-25(28)31-22-24(33-27(30)21-18-15-12-9-6-3)23-32-26(29)20-17-14-11-8-5-2/h2*24H,4-23H2,1-3H3. The molecule has 0 saturated carbocycles. The van der Waals surface area contributed by atoms with Gasteiger partial charge < -0.3 is 28.4 Å². The fourth-order valence-electron chi connectivity index (χ4n) is 6.99. The number of carbonyl (C=O) groups is 6. The number of unbranched alkanes of at least 4 members (excludes halogenated alkanes) is 24. The van der Waals surface area contributed by atoms with Crippen LogP contribution in [0.5, 0.6) is 0 Å². The van der Waals surface area contributed by atoms with E-state index in [0.29, 0.717) is 38.5 Å². The Labute approximate surface area is 403 Å². The summed E-state index contributed by atoms with van der Waals surface area (Å²) in [6, 6.07) is 0. The van der Waals surface area contributed by atoms with Gasteiger partial charge in [-0.25, -0.2) is 0 Å². The first-order valence-corrected chi connectivity index (χ1v) is 27.1. The summed E-state index contributed by atoms with van der Waals surface area (Å²) in [7, 11) is 0. The van der Waals surface area contributed by atoms with Gasteiger partial charge in [-0.2, -0.15) is 0 Å². The average Bonchev–Trinajstić information content (AvgIpc) is 3.30. The van der Waals surface area contributed by atoms with Gasteiger partial charge in [-0.1, -0.05) is 196 Å². The molecule has 0 rings (SSSR count). The van der Waals surface area contributed by atoms with Crippen molar-refractivity contribution < 1.29 is 57.2 Å². The lowest BCUT2D eigenvalue weighted by Gasteiger charge is -2.18. The lowest BCUT2D eigenvalue weighted by molar-refractivity contribution is -0.167. The predicted octanol–water partition coefficient (Wildman–Crippen LogP) is 14.1. The van der Waals surface area contributed by atoms with Crippen LogP contribution >= 0.6 is 0 Å². The molecule has 0 aliphatic carbocycles. The maximum absolute atomic E-state index is 12.2. The molecule has 0 amide bonds. The van der Waals surface area contributed by atoms with Gasteiger partial charge in [0.2, 0.25) is 0 Å². The minimum atomic E-state index is -0.749. The molecule has 0 aliphatic rings. The van der Waals surface area contributed by atoms with E-state index in [4.69, 9.17) is 28.4 Å². The van der Waals surface area contributed by atoms with Crippen LogP contribution in [0, 0.1) is 0 Å². The van der Waals surface area contributed by atoms with E-state index in [1.54, 1.807) is 0 Å². The van der Waals surface area contributed by atoms with Gasteiger partial charge in [-0.3, -0.25) is 28.8 Å². The molecule has 0 spiro atoms. The summed E-state index contributed by atoms with van der Waals surface area (Å²) >= 11 is 0. The highest BCUT2D eigenvalue weighted by atomic mass is 16.6. The Kier molecular flexibility index (Phi) is 50.4. The summed E-state index contributed by atoms with van der Waals surface area (Å²) in [5.41, 5.74) is 0. The first kappa shape index (κ1) is 64.9. The molecule has 0 bridgehead atoms. The van der Waals surface area contributed by atoms with E-state index < -0.39 is 12.2 Å². The summed E-state index contributed by atoms with van der Waals surface area (Å²) in [5, 5.41) is 0. The van der Waals surface area contributed by atoms with Crippen molar-refractivity contribution in [2.75, 3.05) is 26.4 Å². The molecular weight excluding hydrogens is 841 g/mol. The van der Waals surface area contributed by atoms with E-state index in [-0.39, 0.29) is 62.2 Å². The number of esters is 6. The molecule has 0 aromatic rings. The first-order chi connectivity index (χ1) is 32.1. The second kappa shape index (κ2) is 51.2. The number of rotatable bonds is 46. The molecule has 0 unspecified atom stereocenters. The molecule has 0 N–H and O–H groups in total. The van der Waals surface area contributed by atoms with Crippen LogP contribution in [-0.4, -0.2) is 74.5 Å². The highest BCUT2D eigenvalue weighted by molar-refractivity contribution is 5.72. The molecule has 66 heavy (non-hydrogen) atoms. The molecule has 0 atom stereocenters. The lowest BCUT2D eigenvalue weighted by Crippen LogP contribution is -2.30. The minimum Gasteiger partial charge on any atom is -0.462 e. The third kappa shape index (κ3) is 48.7. The van der Waals surface area contributed by atoms with Gasteiger partial charge in [0, 0.05) is 38.5 Å². The summed E-state index contributed by atoms with van der Waals surface area (Å²) < 4.78 is 32.2. The fraction of sp³-hybridized carbons (Fsp3) is 0.889. The minimum absolute atomic E-state index is 0.0703. The van der Waals surface area contributed by atoms with Crippen molar-refractivity contribution in [2.45, 2.75) is 285 Å². The largest absolute Gasteiger partial charge is 0.462 e. The zero-order chi connectivity index (χ0) is 49.1. The molecular formula is C54H100O12. The summed E-state index contributed by atoms with van der Waals surface area (Å²) in [4.78, 5) is 72.6. The number of carbonyl (C=O) groups excluding carboxylic acids is 6. The number of hydrogen-bond donors (Lipinski definition) is 0. The Hall–Kier alpha value is -3.18. The predicted molar refractivity (Wildman–Crippen MR) is 264 cm³/mol. The normalized spacial score (nSPS) is 10.9. The van der Waals surface area contributed by atoms with E-state index in [1.165, 1.54) is 38.5 Å². The Morgan fingerprint density at radius 1 is 0.242 bits per heavy atom. The van der Waals surface area contributed by atoms with Crippen LogP contribution in [0.1, 0.15) is 273 Å². The van der Waals surface area contributed by atoms with Gasteiger partial charge in [0.15, 0.2) is 12.2 Å². The highest BCUT2D eigenvalue weighted by Gasteiger charge is 2.21. The monoisotopic (exact) mass is 941 g/mol. The van der Waals surface area contributed by atoms with Crippen molar-refractivity contribution in [2.24, 2.45) is 0 Å². The third-order valence-electron chi connectivity index (χ3n) is 11.2. The molecule has 388 valence electrons. The quantitative estimate of drug-likeness (QED) is 0.0324. The van der Waals surface area contributed by atoms with E-state index in [2.05, 4.69) is 41.5 Å². The zero-order valence-corrected chi connectivity index (χ0v) is 43.3. The molecule has 0 heterocycles. The number of ether oxygens (including phenoxy) is 6. The van der Waals surface area contributed by atoms with Crippen LogP contribution in [0.15, 0.2) is 0 Å². The molecule has 12 nitrogen and oxygen atoms in total. The van der Waals surface area contributed by atoms with Gasteiger partial charge >= 0.3 is 35.8 Å². The van der Waals surface area contributed by atoms with Gasteiger partial charge in [-0.05, 0) is 38.5 Å². The molecule has 0 radical (unpaired) electrons. The fourth-order valence-corrected chi connectivity index (χ4v) is 6.99. The summed E-state index contributed by atoms with van der Waals surface area (Å²) in [6.07, 6.45) is 32.1. The number of hydrogen-bond acceptors (Lipinski definition) is 12. The van der Waals surface area contributed by atoms with Gasteiger partial charge in [0.25, 0.3) is 0 Å². The summed E-state index contributed by atoms with van der Waals surface area (Å²) in [5.74, 6) is -1.85. The van der Waals surface area contributed by atoms with Crippen molar-refractivity contribution in [3.05, 3.63) is 0 Å². The molecule has 0 fully saturated rings. The lowest BCUT2D eigenvalue weighted by atomic mass is 10.1. The first-order valence-electron chi connectivity index (χ1n) is 27.1. The SMILES string of the molecule is CCCCCCCC(=O)OCC(COC(=O)CCCCCCC)OC(=O)CCCCCCC.CCCCCCCC(=O)OCC(COC(=O)CCCCCCC)OC(=O)CCCCCCC. The smallest absolute Gasteiger partial charge is 0.306 e. The van der Waals surface area contributed by atoms with Crippen LogP contribution in [0.3, 0.4) is 0 Å².